The third kappa shape index (κ3) is 4.43. The van der Waals surface area contributed by atoms with Crippen molar-refractivity contribution in [3.8, 4) is 17.2 Å². The number of aromatic nitrogens is 1. The largest absolute Gasteiger partial charge is 0.451 e. The zero-order valence-corrected chi connectivity index (χ0v) is 22.0. The van der Waals surface area contributed by atoms with Gasteiger partial charge < -0.3 is 29.3 Å². The van der Waals surface area contributed by atoms with Crippen LogP contribution in [0.3, 0.4) is 0 Å². The standard InChI is InChI=1S/C29H34FN5O3/c1-19-8-11-34(17-19)26-22(30)16-20-25-28(26)38-24-7-4-3-6-23(24)35(25)18-21(27(20)36)29(37)31-9-5-10-33-14-12-32(2)13-15-33/h3-4,6-7,16,18-19H,5,8-15,17H2,1-2H3,(H,31,37). The lowest BCUT2D eigenvalue weighted by atomic mass is 10.1. The second-order valence-corrected chi connectivity index (χ2v) is 10.8. The summed E-state index contributed by atoms with van der Waals surface area (Å²) in [5.41, 5.74) is 1.10. The number of nitrogens with one attached hydrogen (secondary N) is 1. The molecule has 1 N–H and O–H groups in total. The summed E-state index contributed by atoms with van der Waals surface area (Å²) in [5, 5.41) is 3.06. The van der Waals surface area contributed by atoms with E-state index in [4.69, 9.17) is 4.74 Å². The predicted molar refractivity (Wildman–Crippen MR) is 146 cm³/mol. The monoisotopic (exact) mass is 519 g/mol. The fourth-order valence-corrected chi connectivity index (χ4v) is 5.82. The predicted octanol–water partition coefficient (Wildman–Crippen LogP) is 3.45. The van der Waals surface area contributed by atoms with Gasteiger partial charge in [0.05, 0.1) is 11.1 Å². The lowest BCUT2D eigenvalue weighted by molar-refractivity contribution is 0.0948. The molecule has 38 heavy (non-hydrogen) atoms. The van der Waals surface area contributed by atoms with E-state index in [9.17, 15) is 9.59 Å². The van der Waals surface area contributed by atoms with Crippen LogP contribution in [0, 0.1) is 11.7 Å². The van der Waals surface area contributed by atoms with Crippen molar-refractivity contribution in [1.29, 1.82) is 0 Å². The van der Waals surface area contributed by atoms with E-state index in [1.54, 1.807) is 6.20 Å². The number of fused-ring (bicyclic) bond motifs is 2. The van der Waals surface area contributed by atoms with Gasteiger partial charge in [-0.3, -0.25) is 9.59 Å². The van der Waals surface area contributed by atoms with E-state index in [-0.39, 0.29) is 10.9 Å². The molecule has 200 valence electrons. The maximum atomic E-state index is 15.7. The van der Waals surface area contributed by atoms with Gasteiger partial charge in [0.2, 0.25) is 5.43 Å². The number of halogens is 1. The van der Waals surface area contributed by atoms with E-state index in [1.165, 1.54) is 6.07 Å². The summed E-state index contributed by atoms with van der Waals surface area (Å²) in [6.07, 6.45) is 3.35. The fourth-order valence-electron chi connectivity index (χ4n) is 5.82. The summed E-state index contributed by atoms with van der Waals surface area (Å²) in [6.45, 7) is 9.09. The average molecular weight is 520 g/mol. The summed E-state index contributed by atoms with van der Waals surface area (Å²) >= 11 is 0. The Morgan fingerprint density at radius 3 is 2.71 bits per heavy atom. The Morgan fingerprint density at radius 2 is 1.95 bits per heavy atom. The Morgan fingerprint density at radius 1 is 1.16 bits per heavy atom. The molecule has 3 aliphatic rings. The molecular weight excluding hydrogens is 485 g/mol. The first-order valence-corrected chi connectivity index (χ1v) is 13.5. The lowest BCUT2D eigenvalue weighted by Crippen LogP contribution is -2.45. The van der Waals surface area contributed by atoms with Gasteiger partial charge in [-0.1, -0.05) is 19.1 Å². The van der Waals surface area contributed by atoms with E-state index in [2.05, 4.69) is 29.1 Å². The van der Waals surface area contributed by atoms with Crippen LogP contribution in [0.2, 0.25) is 0 Å². The van der Waals surface area contributed by atoms with Gasteiger partial charge >= 0.3 is 0 Å². The smallest absolute Gasteiger partial charge is 0.256 e. The number of carbonyl (C=O) groups excluding carboxylic acids is 1. The zero-order chi connectivity index (χ0) is 26.4. The molecule has 6 rings (SSSR count). The maximum Gasteiger partial charge on any atom is 0.256 e. The molecule has 0 radical (unpaired) electrons. The highest BCUT2D eigenvalue weighted by molar-refractivity contribution is 6.01. The molecule has 1 atom stereocenters. The van der Waals surface area contributed by atoms with Gasteiger partial charge in [0.15, 0.2) is 17.3 Å². The van der Waals surface area contributed by atoms with Crippen molar-refractivity contribution in [3.63, 3.8) is 0 Å². The molecule has 0 saturated carbocycles. The van der Waals surface area contributed by atoms with Crippen LogP contribution in [0.5, 0.6) is 11.5 Å². The van der Waals surface area contributed by atoms with E-state index in [0.717, 1.165) is 58.7 Å². The number of carbonyl (C=O) groups is 1. The van der Waals surface area contributed by atoms with Crippen LogP contribution in [-0.4, -0.2) is 79.7 Å². The molecule has 2 aromatic carbocycles. The second kappa shape index (κ2) is 10.0. The van der Waals surface area contributed by atoms with Crippen molar-refractivity contribution in [2.24, 2.45) is 5.92 Å². The minimum atomic E-state index is -0.505. The van der Waals surface area contributed by atoms with Crippen LogP contribution in [0.1, 0.15) is 30.1 Å². The molecule has 2 saturated heterocycles. The number of nitrogens with zero attached hydrogens (tertiary/aromatic N) is 4. The van der Waals surface area contributed by atoms with Crippen LogP contribution in [0.25, 0.3) is 16.6 Å². The topological polar surface area (TPSA) is 70.1 Å². The molecule has 1 unspecified atom stereocenters. The molecule has 3 aliphatic heterocycles. The third-order valence-electron chi connectivity index (χ3n) is 8.03. The number of hydrogen-bond acceptors (Lipinski definition) is 6. The Kier molecular flexibility index (Phi) is 6.57. The Hall–Kier alpha value is -3.43. The van der Waals surface area contributed by atoms with Crippen molar-refractivity contribution in [2.45, 2.75) is 19.8 Å². The number of piperazine rings is 1. The van der Waals surface area contributed by atoms with Crippen molar-refractivity contribution in [3.05, 3.63) is 58.1 Å². The molecular formula is C29H34FN5O3. The number of para-hydroxylation sites is 2. The number of anilines is 1. The Bertz CT molecular complexity index is 1450. The summed E-state index contributed by atoms with van der Waals surface area (Å²) in [6, 6.07) is 8.70. The fraction of sp³-hybridized carbons (Fsp3) is 0.448. The number of likely N-dealkylation sites (N-methyl/N-ethyl adjacent to an activating group) is 1. The van der Waals surface area contributed by atoms with Gasteiger partial charge in [-0.25, -0.2) is 4.39 Å². The van der Waals surface area contributed by atoms with Gasteiger partial charge in [-0.15, -0.1) is 0 Å². The molecule has 2 fully saturated rings. The third-order valence-corrected chi connectivity index (χ3v) is 8.03. The maximum absolute atomic E-state index is 15.7. The summed E-state index contributed by atoms with van der Waals surface area (Å²) in [7, 11) is 2.12. The molecule has 9 heteroatoms. The van der Waals surface area contributed by atoms with Crippen molar-refractivity contribution >= 4 is 22.5 Å². The molecule has 0 aliphatic carbocycles. The lowest BCUT2D eigenvalue weighted by Gasteiger charge is -2.32. The van der Waals surface area contributed by atoms with Crippen molar-refractivity contribution < 1.29 is 13.9 Å². The average Bonchev–Trinajstić information content (AvgIpc) is 3.34. The van der Waals surface area contributed by atoms with Crippen molar-refractivity contribution in [1.82, 2.24) is 19.7 Å². The van der Waals surface area contributed by atoms with Gasteiger partial charge in [0, 0.05) is 52.0 Å². The summed E-state index contributed by atoms with van der Waals surface area (Å²) in [4.78, 5) is 33.5. The Balaban J connectivity index is 1.33. The van der Waals surface area contributed by atoms with Crippen LogP contribution in [0.4, 0.5) is 10.1 Å². The van der Waals surface area contributed by atoms with Gasteiger partial charge in [-0.05, 0) is 50.6 Å². The molecule has 8 nitrogen and oxygen atoms in total. The van der Waals surface area contributed by atoms with Crippen LogP contribution in [-0.2, 0) is 0 Å². The normalized spacial score (nSPS) is 19.4. The Labute approximate surface area is 221 Å². The number of ether oxygens (including phenoxy) is 1. The quantitative estimate of drug-likeness (QED) is 0.394. The summed E-state index contributed by atoms with van der Waals surface area (Å²) in [5.74, 6) is 0.390. The van der Waals surface area contributed by atoms with Gasteiger partial charge in [0.25, 0.3) is 5.91 Å². The molecule has 1 amide bonds. The number of rotatable bonds is 6. The number of amides is 1. The molecule has 4 heterocycles. The SMILES string of the molecule is CC1CCN(c2c(F)cc3c(=O)c(C(=O)NCCCN4CCN(C)CC4)cn4c3c2Oc2ccccc2-4)C1. The first-order chi connectivity index (χ1) is 18.4. The number of benzene rings is 2. The molecule has 3 aromatic rings. The van der Waals surface area contributed by atoms with Crippen LogP contribution in [0.15, 0.2) is 41.3 Å². The number of hydrogen-bond donors (Lipinski definition) is 1. The van der Waals surface area contributed by atoms with E-state index in [1.807, 2.05) is 33.7 Å². The highest BCUT2D eigenvalue weighted by atomic mass is 19.1. The van der Waals surface area contributed by atoms with Crippen LogP contribution < -0.4 is 20.4 Å². The van der Waals surface area contributed by atoms with E-state index in [0.29, 0.717) is 40.9 Å². The highest BCUT2D eigenvalue weighted by Crippen LogP contribution is 2.47. The number of pyridine rings is 1. The minimum Gasteiger partial charge on any atom is -0.451 e. The highest BCUT2D eigenvalue weighted by Gasteiger charge is 2.32. The molecule has 0 spiro atoms. The summed E-state index contributed by atoms with van der Waals surface area (Å²) < 4.78 is 23.7. The zero-order valence-electron chi connectivity index (χ0n) is 22.0. The minimum absolute atomic E-state index is 0.00157. The molecule has 0 bridgehead atoms. The first-order valence-electron chi connectivity index (χ1n) is 13.5. The van der Waals surface area contributed by atoms with E-state index >= 15 is 4.39 Å². The first kappa shape index (κ1) is 24.9. The second-order valence-electron chi connectivity index (χ2n) is 10.8. The van der Waals surface area contributed by atoms with Gasteiger partial charge in [-0.2, -0.15) is 0 Å². The van der Waals surface area contributed by atoms with Crippen LogP contribution >= 0.6 is 0 Å². The van der Waals surface area contributed by atoms with Crippen molar-refractivity contribution in [2.75, 3.05) is 64.3 Å². The van der Waals surface area contributed by atoms with E-state index < -0.39 is 17.2 Å². The molecule has 1 aromatic heterocycles. The van der Waals surface area contributed by atoms with Gasteiger partial charge in [0.1, 0.15) is 16.8 Å².